The quantitative estimate of drug-likeness (QED) is 0.280. The van der Waals surface area contributed by atoms with Gasteiger partial charge in [0.05, 0.1) is 10.9 Å². The van der Waals surface area contributed by atoms with Gasteiger partial charge in [-0.2, -0.15) is 5.10 Å². The van der Waals surface area contributed by atoms with Gasteiger partial charge in [-0.3, -0.25) is 0 Å². The lowest BCUT2D eigenvalue weighted by Gasteiger charge is -2.34. The van der Waals surface area contributed by atoms with Gasteiger partial charge in [-0.15, -0.1) is 0 Å². The van der Waals surface area contributed by atoms with E-state index in [9.17, 15) is 14.7 Å². The second-order valence-electron chi connectivity index (χ2n) is 8.73. The van der Waals surface area contributed by atoms with E-state index in [0.717, 1.165) is 31.5 Å². The minimum atomic E-state index is -0.764. The topological polar surface area (TPSA) is 121 Å². The number of hydrogen-bond acceptors (Lipinski definition) is 6. The molecule has 0 unspecified atom stereocenters. The highest BCUT2D eigenvalue weighted by Crippen LogP contribution is 2.39. The number of fused-ring (bicyclic) bond motifs is 1. The maximum Gasteiger partial charge on any atom is 0.343 e. The van der Waals surface area contributed by atoms with E-state index in [4.69, 9.17) is 10.2 Å². The molecule has 0 bridgehead atoms. The first-order valence-corrected chi connectivity index (χ1v) is 11.6. The molecular weight excluding hydrogens is 432 g/mol. The van der Waals surface area contributed by atoms with Gasteiger partial charge in [-0.05, 0) is 50.6 Å². The lowest BCUT2D eigenvalue weighted by Crippen LogP contribution is -2.40. The molecule has 8 heteroatoms. The summed E-state index contributed by atoms with van der Waals surface area (Å²) in [7, 11) is 0. The number of urea groups is 1. The van der Waals surface area contributed by atoms with E-state index in [1.807, 2.05) is 30.3 Å². The Morgan fingerprint density at radius 1 is 1.12 bits per heavy atom. The molecule has 2 heterocycles. The number of nitrogens with two attached hydrogens (primary N) is 1. The first-order chi connectivity index (χ1) is 16.5. The molecule has 2 amide bonds. The van der Waals surface area contributed by atoms with Crippen LogP contribution in [0.4, 0.5) is 4.79 Å². The Morgan fingerprint density at radius 2 is 1.79 bits per heavy atom. The number of carbonyl (C=O) groups excluding carboxylic acids is 1. The summed E-state index contributed by atoms with van der Waals surface area (Å²) < 4.78 is 5.64. The number of hydrazone groups is 1. The summed E-state index contributed by atoms with van der Waals surface area (Å²) in [4.78, 5) is 27.0. The summed E-state index contributed by atoms with van der Waals surface area (Å²) in [6.45, 7) is 4.28. The Morgan fingerprint density at radius 3 is 2.50 bits per heavy atom. The molecule has 1 aliphatic rings. The molecular formula is C26H30N4O4. The molecule has 1 fully saturated rings. The Hall–Kier alpha value is -3.65. The van der Waals surface area contributed by atoms with Crippen LogP contribution in [0.5, 0.6) is 5.75 Å². The molecule has 2 aromatic carbocycles. The molecule has 4 rings (SSSR count). The number of para-hydroxylation sites is 1. The number of nitrogens with one attached hydrogen (secondary N) is 1. The average Bonchev–Trinajstić information content (AvgIpc) is 2.85. The average molecular weight is 463 g/mol. The summed E-state index contributed by atoms with van der Waals surface area (Å²) in [6.07, 6.45) is 3.39. The second-order valence-corrected chi connectivity index (χ2v) is 8.73. The molecule has 3 aromatic rings. The summed E-state index contributed by atoms with van der Waals surface area (Å²) in [5, 5.41) is 16.0. The summed E-state index contributed by atoms with van der Waals surface area (Å²) in [6, 6.07) is 15.7. The Balaban J connectivity index is 1.90. The van der Waals surface area contributed by atoms with Gasteiger partial charge in [0.2, 0.25) is 0 Å². The van der Waals surface area contributed by atoms with Crippen molar-refractivity contribution in [3.8, 4) is 5.75 Å². The first-order valence-electron chi connectivity index (χ1n) is 11.6. The maximum absolute atomic E-state index is 13.3. The van der Waals surface area contributed by atoms with Crippen LogP contribution in [0.2, 0.25) is 0 Å². The summed E-state index contributed by atoms with van der Waals surface area (Å²) in [5.41, 5.74) is 8.95. The minimum Gasteiger partial charge on any atom is -0.507 e. The fourth-order valence-corrected chi connectivity index (χ4v) is 4.81. The highest BCUT2D eigenvalue weighted by Gasteiger charge is 2.35. The molecule has 34 heavy (non-hydrogen) atoms. The van der Waals surface area contributed by atoms with E-state index in [-0.39, 0.29) is 17.2 Å². The molecule has 8 nitrogen and oxygen atoms in total. The van der Waals surface area contributed by atoms with Gasteiger partial charge in [0.25, 0.3) is 0 Å². The minimum absolute atomic E-state index is 0.0972. The van der Waals surface area contributed by atoms with Crippen molar-refractivity contribution in [3.05, 3.63) is 76.1 Å². The predicted molar refractivity (Wildman–Crippen MR) is 132 cm³/mol. The molecule has 1 aliphatic heterocycles. The Bertz CT molecular complexity index is 1230. The fourth-order valence-electron chi connectivity index (χ4n) is 4.81. The fraction of sp³-hybridized carbons (Fsp3) is 0.346. The number of aromatic hydroxyl groups is 1. The standard InChI is InChI=1S/C26H30N4O4/c1-17(28-29-26(27)33)20(16-30-14-8-3-9-15-30)22(18-10-4-2-5-11-18)23-24(31)19-12-6-7-13-21(19)34-25(23)32/h2,4-7,10-13,20,22,31H,3,8-9,14-16H2,1H3,(H3,27,29,33)/b28-17-/t20-,22+/m0/s1. The van der Waals surface area contributed by atoms with Crippen LogP contribution in [0, 0.1) is 5.92 Å². The molecule has 178 valence electrons. The van der Waals surface area contributed by atoms with Crippen molar-refractivity contribution >= 4 is 22.7 Å². The lowest BCUT2D eigenvalue weighted by molar-refractivity contribution is 0.207. The lowest BCUT2D eigenvalue weighted by atomic mass is 9.78. The number of hydrogen-bond donors (Lipinski definition) is 3. The third-order valence-corrected chi connectivity index (χ3v) is 6.47. The van der Waals surface area contributed by atoms with Crippen LogP contribution in [-0.4, -0.2) is 41.4 Å². The summed E-state index contributed by atoms with van der Waals surface area (Å²) in [5.74, 6) is -0.982. The molecule has 4 N–H and O–H groups in total. The number of likely N-dealkylation sites (tertiary alicyclic amines) is 1. The zero-order valence-corrected chi connectivity index (χ0v) is 19.2. The van der Waals surface area contributed by atoms with Crippen LogP contribution in [0.3, 0.4) is 0 Å². The number of amides is 2. The van der Waals surface area contributed by atoms with Crippen LogP contribution in [0.25, 0.3) is 11.0 Å². The maximum atomic E-state index is 13.3. The van der Waals surface area contributed by atoms with E-state index in [1.54, 1.807) is 31.2 Å². The van der Waals surface area contributed by atoms with Crippen LogP contribution in [0.15, 0.2) is 68.9 Å². The number of piperidine rings is 1. The number of benzene rings is 2. The van der Waals surface area contributed by atoms with Crippen LogP contribution < -0.4 is 16.8 Å². The van der Waals surface area contributed by atoms with E-state index in [0.29, 0.717) is 23.2 Å². The highest BCUT2D eigenvalue weighted by molar-refractivity contribution is 5.89. The van der Waals surface area contributed by atoms with E-state index in [2.05, 4.69) is 15.4 Å². The van der Waals surface area contributed by atoms with Crippen LogP contribution in [0.1, 0.15) is 43.2 Å². The molecule has 2 atom stereocenters. The SMILES string of the molecule is C/C(=N/NC(N)=O)[C@H](CN1CCCCC1)[C@@H](c1ccccc1)c1c(O)c2ccccc2oc1=O. The Kier molecular flexibility index (Phi) is 7.27. The molecule has 0 saturated carbocycles. The molecule has 0 aliphatic carbocycles. The van der Waals surface area contributed by atoms with Crippen molar-refractivity contribution in [2.75, 3.05) is 19.6 Å². The van der Waals surface area contributed by atoms with Crippen LogP contribution in [-0.2, 0) is 0 Å². The predicted octanol–water partition coefficient (Wildman–Crippen LogP) is 3.78. The third-order valence-electron chi connectivity index (χ3n) is 6.47. The smallest absolute Gasteiger partial charge is 0.343 e. The van der Waals surface area contributed by atoms with Gasteiger partial charge in [-0.25, -0.2) is 15.0 Å². The van der Waals surface area contributed by atoms with Gasteiger partial charge >= 0.3 is 11.7 Å². The van der Waals surface area contributed by atoms with E-state index >= 15 is 0 Å². The number of rotatable bonds is 7. The van der Waals surface area contributed by atoms with Gasteiger partial charge in [0, 0.05) is 24.1 Å². The van der Waals surface area contributed by atoms with Crippen molar-refractivity contribution in [2.24, 2.45) is 16.8 Å². The van der Waals surface area contributed by atoms with Gasteiger partial charge in [-0.1, -0.05) is 48.9 Å². The normalized spacial score (nSPS) is 16.8. The van der Waals surface area contributed by atoms with Crippen molar-refractivity contribution in [2.45, 2.75) is 32.1 Å². The van der Waals surface area contributed by atoms with Crippen molar-refractivity contribution in [1.82, 2.24) is 10.3 Å². The number of nitrogens with zero attached hydrogens (tertiary/aromatic N) is 2. The third kappa shape index (κ3) is 5.12. The van der Waals surface area contributed by atoms with Crippen molar-refractivity contribution in [3.63, 3.8) is 0 Å². The number of carbonyl (C=O) groups is 1. The molecule has 1 aromatic heterocycles. The summed E-state index contributed by atoms with van der Waals surface area (Å²) >= 11 is 0. The molecule has 0 radical (unpaired) electrons. The van der Waals surface area contributed by atoms with Crippen molar-refractivity contribution in [1.29, 1.82) is 0 Å². The molecule has 0 spiro atoms. The monoisotopic (exact) mass is 462 g/mol. The highest BCUT2D eigenvalue weighted by atomic mass is 16.4. The Labute approximate surface area is 198 Å². The molecule has 1 saturated heterocycles. The van der Waals surface area contributed by atoms with Crippen molar-refractivity contribution < 1.29 is 14.3 Å². The first kappa shape index (κ1) is 23.5. The largest absolute Gasteiger partial charge is 0.507 e. The van der Waals surface area contributed by atoms with E-state index in [1.165, 1.54) is 6.42 Å². The van der Waals surface area contributed by atoms with Gasteiger partial charge in [0.15, 0.2) is 0 Å². The zero-order valence-electron chi connectivity index (χ0n) is 19.2. The van der Waals surface area contributed by atoms with Gasteiger partial charge < -0.3 is 20.2 Å². The zero-order chi connectivity index (χ0) is 24.1. The van der Waals surface area contributed by atoms with E-state index < -0.39 is 17.6 Å². The number of primary amides is 1. The second kappa shape index (κ2) is 10.5. The van der Waals surface area contributed by atoms with Gasteiger partial charge in [0.1, 0.15) is 11.3 Å². The van der Waals surface area contributed by atoms with Crippen LogP contribution >= 0.6 is 0 Å².